The molecule has 10 heavy (non-hydrogen) atoms. The van der Waals surface area contributed by atoms with E-state index in [4.69, 9.17) is 15.5 Å². The summed E-state index contributed by atoms with van der Waals surface area (Å²) in [6, 6.07) is 0. The fourth-order valence-electron chi connectivity index (χ4n) is 0.325. The lowest BCUT2D eigenvalue weighted by Gasteiger charge is -2.09. The van der Waals surface area contributed by atoms with Crippen molar-refractivity contribution in [2.75, 3.05) is 0 Å². The third-order valence-corrected chi connectivity index (χ3v) is 1.89. The lowest BCUT2D eigenvalue weighted by molar-refractivity contribution is -0.118. The van der Waals surface area contributed by atoms with Crippen LogP contribution in [0.2, 0.25) is 0 Å². The van der Waals surface area contributed by atoms with Crippen LogP contribution in [0.5, 0.6) is 0 Å². The van der Waals surface area contributed by atoms with E-state index in [1.165, 1.54) is 0 Å². The van der Waals surface area contributed by atoms with Crippen LogP contribution in [0.3, 0.4) is 0 Å². The molecule has 60 valence electrons. The third kappa shape index (κ3) is 3.58. The number of rotatable bonds is 3. The molecular weight excluding hydrogens is 159 g/mol. The van der Waals surface area contributed by atoms with E-state index in [1.807, 2.05) is 0 Å². The SMILES string of the molecule is NC(=O)CC(N)P(=O)(O)O. The summed E-state index contributed by atoms with van der Waals surface area (Å²) in [5.41, 5.74) is 9.52. The number of amides is 1. The van der Waals surface area contributed by atoms with E-state index in [2.05, 4.69) is 5.73 Å². The van der Waals surface area contributed by atoms with Crippen LogP contribution in [0.1, 0.15) is 6.42 Å². The Morgan fingerprint density at radius 3 is 2.10 bits per heavy atom. The van der Waals surface area contributed by atoms with E-state index in [0.29, 0.717) is 0 Å². The second-order valence-electron chi connectivity index (χ2n) is 1.83. The highest BCUT2D eigenvalue weighted by Crippen LogP contribution is 2.39. The van der Waals surface area contributed by atoms with Gasteiger partial charge in [0.2, 0.25) is 5.91 Å². The summed E-state index contributed by atoms with van der Waals surface area (Å²) in [5.74, 6) is -2.29. The molecule has 0 aromatic carbocycles. The first kappa shape index (κ1) is 9.58. The number of carbonyl (C=O) groups is 1. The summed E-state index contributed by atoms with van der Waals surface area (Å²) >= 11 is 0. The van der Waals surface area contributed by atoms with Crippen LogP contribution in [0, 0.1) is 0 Å². The van der Waals surface area contributed by atoms with Crippen molar-refractivity contribution in [3.05, 3.63) is 0 Å². The number of hydrogen-bond donors (Lipinski definition) is 4. The molecular formula is C3H9N2O4P. The molecule has 0 aromatic heterocycles. The first-order valence-electron chi connectivity index (χ1n) is 2.43. The zero-order valence-corrected chi connectivity index (χ0v) is 5.99. The van der Waals surface area contributed by atoms with Crippen LogP contribution in [-0.4, -0.2) is 21.5 Å². The fourth-order valence-corrected chi connectivity index (χ4v) is 0.743. The third-order valence-electron chi connectivity index (χ3n) is 0.842. The maximum absolute atomic E-state index is 10.2. The minimum Gasteiger partial charge on any atom is -0.370 e. The lowest BCUT2D eigenvalue weighted by atomic mass is 10.4. The molecule has 6 nitrogen and oxygen atoms in total. The van der Waals surface area contributed by atoms with Crippen molar-refractivity contribution in [1.29, 1.82) is 0 Å². The van der Waals surface area contributed by atoms with Gasteiger partial charge in [-0.25, -0.2) is 0 Å². The van der Waals surface area contributed by atoms with Gasteiger partial charge in [-0.05, 0) is 0 Å². The van der Waals surface area contributed by atoms with Crippen LogP contribution in [-0.2, 0) is 9.36 Å². The van der Waals surface area contributed by atoms with Crippen molar-refractivity contribution in [2.45, 2.75) is 12.2 Å². The van der Waals surface area contributed by atoms with Gasteiger partial charge in [0.05, 0.1) is 6.42 Å². The van der Waals surface area contributed by atoms with Crippen LogP contribution >= 0.6 is 7.60 Å². The summed E-state index contributed by atoms with van der Waals surface area (Å²) in [6.45, 7) is 0. The summed E-state index contributed by atoms with van der Waals surface area (Å²) < 4.78 is 10.2. The topological polar surface area (TPSA) is 127 Å². The van der Waals surface area contributed by atoms with Crippen LogP contribution < -0.4 is 11.5 Å². The number of carbonyl (C=O) groups excluding carboxylic acids is 1. The van der Waals surface area contributed by atoms with Crippen LogP contribution in [0.25, 0.3) is 0 Å². The van der Waals surface area contributed by atoms with Crippen molar-refractivity contribution < 1.29 is 19.1 Å². The Bertz CT molecular complexity index is 175. The molecule has 1 unspecified atom stereocenters. The highest BCUT2D eigenvalue weighted by molar-refractivity contribution is 7.52. The molecule has 0 heterocycles. The van der Waals surface area contributed by atoms with E-state index in [0.717, 1.165) is 0 Å². The Balaban J connectivity index is 3.98. The maximum Gasteiger partial charge on any atom is 0.342 e. The standard InChI is InChI=1S/C3H9N2O4P/c4-2(6)1-3(5)10(7,8)9/h3H,1,5H2,(H2,4,6)(H2,7,8,9). The Labute approximate surface area is 57.4 Å². The van der Waals surface area contributed by atoms with E-state index in [9.17, 15) is 9.36 Å². The molecule has 0 bridgehead atoms. The Hall–Kier alpha value is -0.420. The molecule has 1 atom stereocenters. The molecule has 0 saturated heterocycles. The molecule has 7 heteroatoms. The van der Waals surface area contributed by atoms with Gasteiger partial charge in [-0.1, -0.05) is 0 Å². The van der Waals surface area contributed by atoms with Gasteiger partial charge in [-0.2, -0.15) is 0 Å². The second-order valence-corrected chi connectivity index (χ2v) is 3.67. The zero-order chi connectivity index (χ0) is 8.36. The molecule has 0 fully saturated rings. The Morgan fingerprint density at radius 1 is 1.60 bits per heavy atom. The molecule has 1 amide bonds. The fraction of sp³-hybridized carbons (Fsp3) is 0.667. The minimum atomic E-state index is -4.33. The highest BCUT2D eigenvalue weighted by atomic mass is 31.2. The van der Waals surface area contributed by atoms with Crippen LogP contribution in [0.15, 0.2) is 0 Å². The predicted molar refractivity (Wildman–Crippen MR) is 33.8 cm³/mol. The summed E-state index contributed by atoms with van der Waals surface area (Å²) in [7, 11) is -4.33. The van der Waals surface area contributed by atoms with Crippen molar-refractivity contribution >= 4 is 13.5 Å². The number of nitrogens with two attached hydrogens (primary N) is 2. The monoisotopic (exact) mass is 168 g/mol. The normalized spacial score (nSPS) is 14.7. The Morgan fingerprint density at radius 2 is 2.00 bits per heavy atom. The summed E-state index contributed by atoms with van der Waals surface area (Å²) in [6.07, 6.45) is -0.496. The van der Waals surface area contributed by atoms with Gasteiger partial charge < -0.3 is 21.3 Å². The second kappa shape index (κ2) is 3.12. The highest BCUT2D eigenvalue weighted by Gasteiger charge is 2.25. The predicted octanol–water partition coefficient (Wildman–Crippen LogP) is -1.68. The quantitative estimate of drug-likeness (QED) is 0.374. The molecule has 0 radical (unpaired) electrons. The van der Waals surface area contributed by atoms with Gasteiger partial charge in [0.25, 0.3) is 0 Å². The molecule has 6 N–H and O–H groups in total. The average Bonchev–Trinajstić information content (AvgIpc) is 1.60. The van der Waals surface area contributed by atoms with E-state index in [1.54, 1.807) is 0 Å². The first-order valence-corrected chi connectivity index (χ1v) is 4.11. The maximum atomic E-state index is 10.2. The van der Waals surface area contributed by atoms with Gasteiger partial charge in [0, 0.05) is 0 Å². The van der Waals surface area contributed by atoms with Gasteiger partial charge in [-0.3, -0.25) is 9.36 Å². The van der Waals surface area contributed by atoms with E-state index >= 15 is 0 Å². The minimum absolute atomic E-state index is 0.496. The molecule has 0 aliphatic rings. The van der Waals surface area contributed by atoms with Crippen molar-refractivity contribution in [3.63, 3.8) is 0 Å². The first-order chi connectivity index (χ1) is 4.34. The summed E-state index contributed by atoms with van der Waals surface area (Å²) in [5, 5.41) is 0. The molecule has 0 saturated carbocycles. The van der Waals surface area contributed by atoms with Crippen molar-refractivity contribution in [2.24, 2.45) is 11.5 Å². The number of hydrogen-bond acceptors (Lipinski definition) is 3. The van der Waals surface area contributed by atoms with E-state index < -0.39 is 25.7 Å². The molecule has 0 aromatic rings. The lowest BCUT2D eigenvalue weighted by Crippen LogP contribution is -2.27. The molecule has 0 aliphatic carbocycles. The van der Waals surface area contributed by atoms with Crippen molar-refractivity contribution in [1.82, 2.24) is 0 Å². The number of primary amides is 1. The van der Waals surface area contributed by atoms with Crippen LogP contribution in [0.4, 0.5) is 0 Å². The van der Waals surface area contributed by atoms with Gasteiger partial charge >= 0.3 is 7.60 Å². The van der Waals surface area contributed by atoms with Gasteiger partial charge in [-0.15, -0.1) is 0 Å². The molecule has 0 rings (SSSR count). The average molecular weight is 168 g/mol. The molecule has 0 aliphatic heterocycles. The summed E-state index contributed by atoms with van der Waals surface area (Å²) in [4.78, 5) is 26.7. The smallest absolute Gasteiger partial charge is 0.342 e. The molecule has 0 spiro atoms. The largest absolute Gasteiger partial charge is 0.370 e. The van der Waals surface area contributed by atoms with E-state index in [-0.39, 0.29) is 0 Å². The van der Waals surface area contributed by atoms with Gasteiger partial charge in [0.1, 0.15) is 5.78 Å². The van der Waals surface area contributed by atoms with Crippen molar-refractivity contribution in [3.8, 4) is 0 Å². The zero-order valence-electron chi connectivity index (χ0n) is 5.10. The Kier molecular flexibility index (Phi) is 2.98. The van der Waals surface area contributed by atoms with Gasteiger partial charge in [0.15, 0.2) is 0 Å².